The van der Waals surface area contributed by atoms with Crippen LogP contribution in [0, 0.1) is 5.92 Å². The first kappa shape index (κ1) is 13.8. The van der Waals surface area contributed by atoms with E-state index in [1.165, 1.54) is 0 Å². The third-order valence-electron chi connectivity index (χ3n) is 3.26. The number of nitrogens with one attached hydrogen (secondary N) is 1. The van der Waals surface area contributed by atoms with Crippen LogP contribution in [0.5, 0.6) is 0 Å². The van der Waals surface area contributed by atoms with E-state index < -0.39 is 0 Å². The zero-order valence-electron chi connectivity index (χ0n) is 11.4. The van der Waals surface area contributed by atoms with Crippen LogP contribution in [-0.2, 0) is 0 Å². The van der Waals surface area contributed by atoms with Crippen molar-refractivity contribution < 1.29 is 9.52 Å². The fraction of sp³-hybridized carbons (Fsp3) is 0.375. The van der Waals surface area contributed by atoms with Crippen LogP contribution >= 0.6 is 0 Å². The Morgan fingerprint density at radius 2 is 1.84 bits per heavy atom. The molecule has 0 bridgehead atoms. The van der Waals surface area contributed by atoms with Gasteiger partial charge in [-0.3, -0.25) is 0 Å². The lowest BCUT2D eigenvalue weighted by molar-refractivity contribution is 0.120. The van der Waals surface area contributed by atoms with E-state index in [0.717, 1.165) is 11.3 Å². The van der Waals surface area contributed by atoms with Crippen LogP contribution in [0.2, 0.25) is 0 Å². The molecule has 0 spiro atoms. The summed E-state index contributed by atoms with van der Waals surface area (Å²) in [6.45, 7) is 4.56. The average Bonchev–Trinajstić information content (AvgIpc) is 2.94. The van der Waals surface area contributed by atoms with E-state index in [1.54, 1.807) is 6.26 Å². The quantitative estimate of drug-likeness (QED) is 0.838. The zero-order valence-corrected chi connectivity index (χ0v) is 11.4. The third kappa shape index (κ3) is 3.69. The maximum atomic E-state index is 9.93. The number of aliphatic hydroxyl groups is 1. The van der Waals surface area contributed by atoms with Gasteiger partial charge in [0, 0.05) is 6.54 Å². The van der Waals surface area contributed by atoms with Crippen LogP contribution in [0.25, 0.3) is 0 Å². The molecule has 0 saturated heterocycles. The fourth-order valence-corrected chi connectivity index (χ4v) is 1.96. The molecule has 2 aromatic rings. The smallest absolute Gasteiger partial charge is 0.125 e. The van der Waals surface area contributed by atoms with Crippen molar-refractivity contribution in [3.05, 3.63) is 60.1 Å². The van der Waals surface area contributed by atoms with Crippen molar-refractivity contribution in [3.8, 4) is 0 Å². The summed E-state index contributed by atoms with van der Waals surface area (Å²) in [5.41, 5.74) is 1.13. The van der Waals surface area contributed by atoms with Gasteiger partial charge in [-0.15, -0.1) is 0 Å². The normalized spacial score (nSPS) is 14.5. The Hall–Kier alpha value is -1.58. The molecule has 0 saturated carbocycles. The van der Waals surface area contributed by atoms with Crippen molar-refractivity contribution in [2.75, 3.05) is 6.54 Å². The average molecular weight is 259 g/mol. The van der Waals surface area contributed by atoms with Gasteiger partial charge in [0.2, 0.25) is 0 Å². The number of rotatable bonds is 6. The first-order chi connectivity index (χ1) is 9.18. The Labute approximate surface area is 114 Å². The first-order valence-corrected chi connectivity index (χ1v) is 6.68. The lowest BCUT2D eigenvalue weighted by Crippen LogP contribution is -2.33. The third-order valence-corrected chi connectivity index (χ3v) is 3.26. The summed E-state index contributed by atoms with van der Waals surface area (Å²) in [6.07, 6.45) is 1.31. The summed E-state index contributed by atoms with van der Waals surface area (Å²) >= 11 is 0. The monoisotopic (exact) mass is 259 g/mol. The van der Waals surface area contributed by atoms with E-state index in [-0.39, 0.29) is 18.1 Å². The Morgan fingerprint density at radius 1 is 1.11 bits per heavy atom. The second-order valence-corrected chi connectivity index (χ2v) is 5.08. The molecule has 2 atom stereocenters. The SMILES string of the molecule is CC(C)C(O)CNC(c1ccccc1)c1ccco1. The van der Waals surface area contributed by atoms with Gasteiger partial charge < -0.3 is 14.8 Å². The van der Waals surface area contributed by atoms with Gasteiger partial charge in [-0.1, -0.05) is 44.2 Å². The van der Waals surface area contributed by atoms with Crippen molar-refractivity contribution in [1.29, 1.82) is 0 Å². The van der Waals surface area contributed by atoms with Crippen molar-refractivity contribution in [3.63, 3.8) is 0 Å². The lowest BCUT2D eigenvalue weighted by atomic mass is 10.0. The lowest BCUT2D eigenvalue weighted by Gasteiger charge is -2.21. The molecule has 0 amide bonds. The van der Waals surface area contributed by atoms with Crippen LogP contribution in [0.3, 0.4) is 0 Å². The second kappa shape index (κ2) is 6.55. The Balaban J connectivity index is 2.12. The van der Waals surface area contributed by atoms with E-state index in [1.807, 2.05) is 44.2 Å². The van der Waals surface area contributed by atoms with E-state index in [0.29, 0.717) is 6.54 Å². The molecule has 0 aliphatic carbocycles. The van der Waals surface area contributed by atoms with Gasteiger partial charge in [0.25, 0.3) is 0 Å². The molecule has 1 heterocycles. The Morgan fingerprint density at radius 3 is 2.42 bits per heavy atom. The molecule has 1 aromatic heterocycles. The molecule has 3 nitrogen and oxygen atoms in total. The van der Waals surface area contributed by atoms with Crippen LogP contribution in [0.4, 0.5) is 0 Å². The van der Waals surface area contributed by atoms with Gasteiger partial charge in [-0.05, 0) is 23.6 Å². The van der Waals surface area contributed by atoms with Gasteiger partial charge in [0.15, 0.2) is 0 Å². The Bertz CT molecular complexity index is 465. The highest BCUT2D eigenvalue weighted by Gasteiger charge is 2.18. The molecule has 19 heavy (non-hydrogen) atoms. The minimum Gasteiger partial charge on any atom is -0.467 e. The maximum absolute atomic E-state index is 9.93. The van der Waals surface area contributed by atoms with E-state index in [2.05, 4.69) is 17.4 Å². The van der Waals surface area contributed by atoms with Gasteiger partial charge in [-0.2, -0.15) is 0 Å². The number of furan rings is 1. The molecule has 102 valence electrons. The van der Waals surface area contributed by atoms with E-state index >= 15 is 0 Å². The minimum atomic E-state index is -0.360. The molecule has 0 aliphatic heterocycles. The van der Waals surface area contributed by atoms with Crippen molar-refractivity contribution in [1.82, 2.24) is 5.32 Å². The largest absolute Gasteiger partial charge is 0.467 e. The maximum Gasteiger partial charge on any atom is 0.125 e. The fourth-order valence-electron chi connectivity index (χ4n) is 1.96. The van der Waals surface area contributed by atoms with Gasteiger partial charge in [0.05, 0.1) is 18.4 Å². The summed E-state index contributed by atoms with van der Waals surface area (Å²) in [4.78, 5) is 0. The summed E-state index contributed by atoms with van der Waals surface area (Å²) in [5.74, 6) is 1.10. The molecule has 2 rings (SSSR count). The number of benzene rings is 1. The summed E-state index contributed by atoms with van der Waals surface area (Å²) in [7, 11) is 0. The highest BCUT2D eigenvalue weighted by molar-refractivity contribution is 5.26. The number of aliphatic hydroxyl groups excluding tert-OH is 1. The first-order valence-electron chi connectivity index (χ1n) is 6.68. The molecular formula is C16H21NO2. The highest BCUT2D eigenvalue weighted by atomic mass is 16.3. The highest BCUT2D eigenvalue weighted by Crippen LogP contribution is 2.22. The van der Waals surface area contributed by atoms with Gasteiger partial charge >= 0.3 is 0 Å². The summed E-state index contributed by atoms with van der Waals surface area (Å²) in [6, 6.07) is 13.9. The van der Waals surface area contributed by atoms with Crippen LogP contribution in [0.1, 0.15) is 31.2 Å². The zero-order chi connectivity index (χ0) is 13.7. The number of hydrogen-bond donors (Lipinski definition) is 2. The second-order valence-electron chi connectivity index (χ2n) is 5.08. The van der Waals surface area contributed by atoms with Crippen LogP contribution in [-0.4, -0.2) is 17.8 Å². The molecule has 0 fully saturated rings. The predicted molar refractivity (Wildman–Crippen MR) is 75.8 cm³/mol. The number of hydrogen-bond acceptors (Lipinski definition) is 3. The van der Waals surface area contributed by atoms with Gasteiger partial charge in [0.1, 0.15) is 5.76 Å². The van der Waals surface area contributed by atoms with Crippen LogP contribution in [0.15, 0.2) is 53.1 Å². The molecule has 0 radical (unpaired) electrons. The summed E-state index contributed by atoms with van der Waals surface area (Å²) < 4.78 is 5.50. The van der Waals surface area contributed by atoms with Gasteiger partial charge in [-0.25, -0.2) is 0 Å². The minimum absolute atomic E-state index is 0.0235. The molecule has 2 N–H and O–H groups in total. The van der Waals surface area contributed by atoms with Crippen molar-refractivity contribution in [2.45, 2.75) is 26.0 Å². The molecule has 2 unspecified atom stereocenters. The van der Waals surface area contributed by atoms with Crippen molar-refractivity contribution >= 4 is 0 Å². The topological polar surface area (TPSA) is 45.4 Å². The van der Waals surface area contributed by atoms with Crippen LogP contribution < -0.4 is 5.32 Å². The van der Waals surface area contributed by atoms with E-state index in [4.69, 9.17) is 4.42 Å². The molecule has 1 aromatic carbocycles. The van der Waals surface area contributed by atoms with Crippen molar-refractivity contribution in [2.24, 2.45) is 5.92 Å². The molecular weight excluding hydrogens is 238 g/mol. The summed E-state index contributed by atoms with van der Waals surface area (Å²) in [5, 5.41) is 13.3. The molecule has 3 heteroatoms. The predicted octanol–water partition coefficient (Wildman–Crippen LogP) is 2.98. The Kier molecular flexibility index (Phi) is 4.77. The molecule has 0 aliphatic rings. The van der Waals surface area contributed by atoms with E-state index in [9.17, 15) is 5.11 Å². The standard InChI is InChI=1S/C16H21NO2/c1-12(2)14(18)11-17-16(15-9-6-10-19-15)13-7-4-3-5-8-13/h3-10,12,14,16-18H,11H2,1-2H3.